The fraction of sp³-hybridized carbons (Fsp3) is 0.217. The summed E-state index contributed by atoms with van der Waals surface area (Å²) in [5.41, 5.74) is 4.39. The Morgan fingerprint density at radius 3 is 2.38 bits per heavy atom. The zero-order valence-corrected chi connectivity index (χ0v) is 17.9. The maximum absolute atomic E-state index is 4.75. The van der Waals surface area contributed by atoms with Gasteiger partial charge in [0.15, 0.2) is 5.65 Å². The summed E-state index contributed by atoms with van der Waals surface area (Å²) < 4.78 is 3.24. The van der Waals surface area contributed by atoms with Crippen LogP contribution in [0.4, 0.5) is 5.82 Å². The van der Waals surface area contributed by atoms with Crippen molar-refractivity contribution in [3.63, 3.8) is 0 Å². The van der Waals surface area contributed by atoms with Crippen molar-refractivity contribution in [1.82, 2.24) is 14.5 Å². The Labute approximate surface area is 178 Å². The molecule has 146 valence electrons. The van der Waals surface area contributed by atoms with Crippen LogP contribution in [0.3, 0.4) is 0 Å². The Hall–Kier alpha value is -2.70. The van der Waals surface area contributed by atoms with Crippen LogP contribution in [0.25, 0.3) is 27.8 Å². The minimum atomic E-state index is 0.947. The first-order valence-corrected chi connectivity index (χ1v) is 10.7. The van der Waals surface area contributed by atoms with Crippen LogP contribution in [0.5, 0.6) is 0 Å². The van der Waals surface area contributed by atoms with Crippen molar-refractivity contribution in [2.24, 2.45) is 0 Å². The Bertz CT molecular complexity index is 1130. The molecule has 0 saturated carbocycles. The van der Waals surface area contributed by atoms with Gasteiger partial charge in [0.2, 0.25) is 0 Å². The smallest absolute Gasteiger partial charge is 0.150 e. The number of nitrogens with zero attached hydrogens (tertiary/aromatic N) is 4. The molecule has 0 radical (unpaired) electrons. The average molecular weight is 449 g/mol. The molecule has 3 heterocycles. The maximum atomic E-state index is 4.75. The highest BCUT2D eigenvalue weighted by molar-refractivity contribution is 9.10. The Kier molecular flexibility index (Phi) is 4.81. The third-order valence-corrected chi connectivity index (χ3v) is 6.20. The van der Waals surface area contributed by atoms with Crippen molar-refractivity contribution in [3.05, 3.63) is 71.6 Å². The second kappa shape index (κ2) is 7.61. The summed E-state index contributed by atoms with van der Waals surface area (Å²) in [5, 5.41) is 1.13. The first kappa shape index (κ1) is 18.3. The summed E-state index contributed by atoms with van der Waals surface area (Å²) in [5.74, 6) is 1.04. The number of halogens is 1. The molecule has 0 unspecified atom stereocenters. The Morgan fingerprint density at radius 1 is 0.931 bits per heavy atom. The number of anilines is 1. The van der Waals surface area contributed by atoms with E-state index in [0.717, 1.165) is 53.2 Å². The fourth-order valence-corrected chi connectivity index (χ4v) is 4.29. The first-order chi connectivity index (χ1) is 14.2. The standard InChI is InChI=1S/C23H22BrN5/c1-27-11-13-28(14-12-27)22-21-20(17-5-3-2-4-6-17)15-29(23(21)26-16-25-22)19-9-7-18(24)8-10-19/h2-10,15-16H,11-14H2,1H3/p+1. The van der Waals surface area contributed by atoms with Crippen molar-refractivity contribution in [3.8, 4) is 16.8 Å². The molecular weight excluding hydrogens is 426 g/mol. The molecule has 6 heteroatoms. The van der Waals surface area contributed by atoms with Gasteiger partial charge in [0.25, 0.3) is 0 Å². The molecule has 1 aliphatic rings. The van der Waals surface area contributed by atoms with Crippen LogP contribution in [-0.2, 0) is 0 Å². The molecule has 5 nitrogen and oxygen atoms in total. The van der Waals surface area contributed by atoms with Crippen LogP contribution < -0.4 is 9.80 Å². The predicted molar refractivity (Wildman–Crippen MR) is 121 cm³/mol. The quantitative estimate of drug-likeness (QED) is 0.522. The van der Waals surface area contributed by atoms with Gasteiger partial charge >= 0.3 is 0 Å². The van der Waals surface area contributed by atoms with Crippen molar-refractivity contribution < 1.29 is 4.90 Å². The van der Waals surface area contributed by atoms with Crippen molar-refractivity contribution in [2.75, 3.05) is 38.1 Å². The number of benzene rings is 2. The van der Waals surface area contributed by atoms with Gasteiger partial charge in [-0.15, -0.1) is 0 Å². The number of hydrogen-bond donors (Lipinski definition) is 1. The summed E-state index contributed by atoms with van der Waals surface area (Å²) in [7, 11) is 2.26. The molecule has 0 atom stereocenters. The Morgan fingerprint density at radius 2 is 1.66 bits per heavy atom. The maximum Gasteiger partial charge on any atom is 0.150 e. The number of rotatable bonds is 3. The number of quaternary nitrogens is 1. The molecule has 0 spiro atoms. The third-order valence-electron chi connectivity index (χ3n) is 5.67. The van der Waals surface area contributed by atoms with Gasteiger partial charge in [0, 0.05) is 21.9 Å². The zero-order valence-electron chi connectivity index (χ0n) is 16.3. The second-order valence-electron chi connectivity index (χ2n) is 7.60. The van der Waals surface area contributed by atoms with E-state index < -0.39 is 0 Å². The van der Waals surface area contributed by atoms with E-state index in [-0.39, 0.29) is 0 Å². The lowest BCUT2D eigenvalue weighted by molar-refractivity contribution is -0.880. The minimum Gasteiger partial charge on any atom is -0.345 e. The summed E-state index contributed by atoms with van der Waals surface area (Å²) in [6.45, 7) is 4.27. The number of nitrogens with one attached hydrogen (secondary N) is 1. The lowest BCUT2D eigenvalue weighted by Crippen LogP contribution is -3.12. The van der Waals surface area contributed by atoms with E-state index in [9.17, 15) is 0 Å². The highest BCUT2D eigenvalue weighted by Gasteiger charge is 2.24. The zero-order chi connectivity index (χ0) is 19.8. The molecule has 0 amide bonds. The van der Waals surface area contributed by atoms with Gasteiger partial charge in [-0.2, -0.15) is 0 Å². The van der Waals surface area contributed by atoms with Crippen LogP contribution in [0.15, 0.2) is 71.6 Å². The van der Waals surface area contributed by atoms with E-state index in [1.54, 1.807) is 11.2 Å². The monoisotopic (exact) mass is 448 g/mol. The SMILES string of the molecule is C[NH+]1CCN(c2ncnc3c2c(-c2ccccc2)cn3-c2ccc(Br)cc2)CC1. The molecule has 1 fully saturated rings. The van der Waals surface area contributed by atoms with Crippen LogP contribution in [0.1, 0.15) is 0 Å². The van der Waals surface area contributed by atoms with E-state index in [1.165, 1.54) is 11.1 Å². The molecule has 2 aromatic heterocycles. The molecule has 5 rings (SSSR count). The highest BCUT2D eigenvalue weighted by Crippen LogP contribution is 2.36. The highest BCUT2D eigenvalue weighted by atomic mass is 79.9. The predicted octanol–water partition coefficient (Wildman–Crippen LogP) is 3.18. The van der Waals surface area contributed by atoms with Gasteiger partial charge in [-0.1, -0.05) is 46.3 Å². The van der Waals surface area contributed by atoms with Gasteiger partial charge in [-0.05, 0) is 29.8 Å². The van der Waals surface area contributed by atoms with Gasteiger partial charge in [0.1, 0.15) is 12.1 Å². The lowest BCUT2D eigenvalue weighted by atomic mass is 10.1. The number of piperazine rings is 1. The largest absolute Gasteiger partial charge is 0.345 e. The molecule has 1 aliphatic heterocycles. The number of aromatic nitrogens is 3. The van der Waals surface area contributed by atoms with Gasteiger partial charge < -0.3 is 14.4 Å². The molecule has 1 N–H and O–H groups in total. The van der Waals surface area contributed by atoms with Crippen LogP contribution in [-0.4, -0.2) is 47.8 Å². The van der Waals surface area contributed by atoms with E-state index in [2.05, 4.69) is 93.2 Å². The van der Waals surface area contributed by atoms with Gasteiger partial charge in [-0.25, -0.2) is 9.97 Å². The molecule has 0 bridgehead atoms. The van der Waals surface area contributed by atoms with E-state index in [1.807, 2.05) is 0 Å². The van der Waals surface area contributed by atoms with Crippen molar-refractivity contribution in [1.29, 1.82) is 0 Å². The molecular formula is C23H23BrN5+. The first-order valence-electron chi connectivity index (χ1n) is 9.94. The summed E-state index contributed by atoms with van der Waals surface area (Å²) in [6, 6.07) is 18.9. The molecule has 0 aliphatic carbocycles. The number of likely N-dealkylation sites (N-methyl/N-ethyl adjacent to an activating group) is 1. The average Bonchev–Trinajstić information content (AvgIpc) is 3.15. The summed E-state index contributed by atoms with van der Waals surface area (Å²) in [4.78, 5) is 13.4. The van der Waals surface area contributed by atoms with Crippen LogP contribution >= 0.6 is 15.9 Å². The summed E-state index contributed by atoms with van der Waals surface area (Å²) >= 11 is 3.53. The minimum absolute atomic E-state index is 0.947. The third kappa shape index (κ3) is 3.43. The second-order valence-corrected chi connectivity index (χ2v) is 8.51. The number of hydrogen-bond acceptors (Lipinski definition) is 3. The van der Waals surface area contributed by atoms with E-state index in [4.69, 9.17) is 9.97 Å². The number of fused-ring (bicyclic) bond motifs is 1. The molecule has 29 heavy (non-hydrogen) atoms. The summed E-state index contributed by atoms with van der Waals surface area (Å²) in [6.07, 6.45) is 3.90. The van der Waals surface area contributed by atoms with E-state index in [0.29, 0.717) is 0 Å². The van der Waals surface area contributed by atoms with Gasteiger partial charge in [-0.3, -0.25) is 0 Å². The van der Waals surface area contributed by atoms with Gasteiger partial charge in [0.05, 0.1) is 38.6 Å². The molecule has 4 aromatic rings. The van der Waals surface area contributed by atoms with Crippen molar-refractivity contribution in [2.45, 2.75) is 0 Å². The van der Waals surface area contributed by atoms with E-state index >= 15 is 0 Å². The van der Waals surface area contributed by atoms with Crippen LogP contribution in [0, 0.1) is 0 Å². The molecule has 1 saturated heterocycles. The van der Waals surface area contributed by atoms with Crippen molar-refractivity contribution >= 4 is 32.8 Å². The Balaban J connectivity index is 1.74. The normalized spacial score (nSPS) is 15.2. The molecule has 2 aromatic carbocycles. The fourth-order valence-electron chi connectivity index (χ4n) is 4.02. The topological polar surface area (TPSA) is 38.4 Å². The lowest BCUT2D eigenvalue weighted by Gasteiger charge is -2.31. The van der Waals surface area contributed by atoms with Crippen LogP contribution in [0.2, 0.25) is 0 Å².